The molecule has 0 spiro atoms. The zero-order chi connectivity index (χ0) is 15.6. The van der Waals surface area contributed by atoms with Crippen molar-refractivity contribution in [3.63, 3.8) is 0 Å². The van der Waals surface area contributed by atoms with Gasteiger partial charge in [-0.15, -0.1) is 11.3 Å². The number of ether oxygens (including phenoxy) is 1. The van der Waals surface area contributed by atoms with Crippen molar-refractivity contribution in [2.45, 2.75) is 18.9 Å². The summed E-state index contributed by atoms with van der Waals surface area (Å²) in [5, 5.41) is 4.23. The smallest absolute Gasteiger partial charge is 0.348 e. The third kappa shape index (κ3) is 3.24. The lowest BCUT2D eigenvalue weighted by molar-refractivity contribution is 0.0531. The number of anilines is 1. The summed E-state index contributed by atoms with van der Waals surface area (Å²) in [5.41, 5.74) is 0.668. The molecule has 0 aliphatic carbocycles. The van der Waals surface area contributed by atoms with Crippen molar-refractivity contribution in [1.29, 1.82) is 0 Å². The monoisotopic (exact) mass is 329 g/mol. The van der Waals surface area contributed by atoms with Gasteiger partial charge >= 0.3 is 5.97 Å². The number of aryl methyl sites for hydroxylation is 2. The molecule has 0 atom stereocenters. The van der Waals surface area contributed by atoms with Gasteiger partial charge in [0.05, 0.1) is 12.8 Å². The van der Waals surface area contributed by atoms with Crippen LogP contribution in [0.2, 0.25) is 0 Å². The van der Waals surface area contributed by atoms with Crippen molar-refractivity contribution in [3.8, 4) is 0 Å². The van der Waals surface area contributed by atoms with E-state index in [1.54, 1.807) is 19.9 Å². The van der Waals surface area contributed by atoms with Gasteiger partial charge < -0.3 is 4.74 Å². The minimum absolute atomic E-state index is 0.0474. The van der Waals surface area contributed by atoms with E-state index >= 15 is 0 Å². The van der Waals surface area contributed by atoms with E-state index in [1.165, 1.54) is 24.0 Å². The van der Waals surface area contributed by atoms with Gasteiger partial charge in [-0.05, 0) is 31.5 Å². The van der Waals surface area contributed by atoms with Crippen LogP contribution in [0.1, 0.15) is 22.2 Å². The summed E-state index contributed by atoms with van der Waals surface area (Å²) >= 11 is 1.04. The van der Waals surface area contributed by atoms with Crippen molar-refractivity contribution in [3.05, 3.63) is 28.8 Å². The minimum atomic E-state index is -3.73. The van der Waals surface area contributed by atoms with Gasteiger partial charge in [0, 0.05) is 7.05 Å². The van der Waals surface area contributed by atoms with Gasteiger partial charge in [0.25, 0.3) is 10.0 Å². The Morgan fingerprint density at radius 1 is 1.52 bits per heavy atom. The Labute approximate surface area is 126 Å². The topological polar surface area (TPSA) is 90.3 Å². The normalized spacial score (nSPS) is 11.4. The van der Waals surface area contributed by atoms with Crippen LogP contribution in [0.4, 0.5) is 5.00 Å². The zero-order valence-corrected chi connectivity index (χ0v) is 13.4. The van der Waals surface area contributed by atoms with Gasteiger partial charge in [-0.2, -0.15) is 13.5 Å². The van der Waals surface area contributed by atoms with Crippen LogP contribution in [0.5, 0.6) is 0 Å². The molecule has 7 nitrogen and oxygen atoms in total. The lowest BCUT2D eigenvalue weighted by Gasteiger charge is -2.05. The number of nitrogens with zero attached hydrogens (tertiary/aromatic N) is 2. The van der Waals surface area contributed by atoms with E-state index in [0.29, 0.717) is 15.4 Å². The van der Waals surface area contributed by atoms with Crippen LogP contribution in [-0.2, 0) is 21.8 Å². The van der Waals surface area contributed by atoms with Crippen molar-refractivity contribution in [1.82, 2.24) is 9.78 Å². The lowest BCUT2D eigenvalue weighted by atomic mass is 10.3. The molecular weight excluding hydrogens is 314 g/mol. The third-order valence-corrected chi connectivity index (χ3v) is 5.37. The van der Waals surface area contributed by atoms with Crippen molar-refractivity contribution in [2.75, 3.05) is 11.3 Å². The average molecular weight is 329 g/mol. The Kier molecular flexibility index (Phi) is 4.33. The second kappa shape index (κ2) is 5.86. The maximum atomic E-state index is 12.2. The largest absolute Gasteiger partial charge is 0.462 e. The predicted molar refractivity (Wildman–Crippen MR) is 79.0 cm³/mol. The summed E-state index contributed by atoms with van der Waals surface area (Å²) in [6.07, 6.45) is 1.40. The minimum Gasteiger partial charge on any atom is -0.462 e. The molecule has 0 saturated carbocycles. The molecule has 9 heteroatoms. The number of rotatable bonds is 5. The van der Waals surface area contributed by atoms with Crippen LogP contribution < -0.4 is 4.72 Å². The molecule has 0 aliphatic heterocycles. The van der Waals surface area contributed by atoms with Crippen molar-refractivity contribution < 1.29 is 17.9 Å². The molecule has 0 aromatic carbocycles. The SMILES string of the molecule is CCOC(=O)c1sc(NS(=O)(=O)c2ccnn2C)cc1C. The number of aromatic nitrogens is 2. The van der Waals surface area contributed by atoms with Crippen LogP contribution in [0, 0.1) is 6.92 Å². The first-order chi connectivity index (χ1) is 9.85. The molecule has 0 bridgehead atoms. The van der Waals surface area contributed by atoms with Gasteiger partial charge in [-0.3, -0.25) is 9.40 Å². The van der Waals surface area contributed by atoms with Crippen LogP contribution in [0.15, 0.2) is 23.4 Å². The molecule has 0 saturated heterocycles. The zero-order valence-electron chi connectivity index (χ0n) is 11.8. The van der Waals surface area contributed by atoms with Gasteiger partial charge in [0.1, 0.15) is 9.88 Å². The van der Waals surface area contributed by atoms with Crippen molar-refractivity contribution >= 4 is 32.3 Å². The van der Waals surface area contributed by atoms with Crippen LogP contribution >= 0.6 is 11.3 Å². The van der Waals surface area contributed by atoms with E-state index in [9.17, 15) is 13.2 Å². The van der Waals surface area contributed by atoms with E-state index in [4.69, 9.17) is 4.74 Å². The predicted octanol–water partition coefficient (Wildman–Crippen LogP) is 1.77. The Hall–Kier alpha value is -1.87. The summed E-state index contributed by atoms with van der Waals surface area (Å²) in [6.45, 7) is 3.71. The first-order valence-electron chi connectivity index (χ1n) is 6.13. The maximum Gasteiger partial charge on any atom is 0.348 e. The number of thiophene rings is 1. The summed E-state index contributed by atoms with van der Waals surface area (Å²) in [6, 6.07) is 3.00. The van der Waals surface area contributed by atoms with Crippen LogP contribution in [-0.4, -0.2) is 30.8 Å². The van der Waals surface area contributed by atoms with Crippen molar-refractivity contribution in [2.24, 2.45) is 7.05 Å². The lowest BCUT2D eigenvalue weighted by Crippen LogP contribution is -2.15. The highest BCUT2D eigenvalue weighted by molar-refractivity contribution is 7.92. The molecule has 1 N–H and O–H groups in total. The fourth-order valence-corrected chi connectivity index (χ4v) is 4.12. The summed E-state index contributed by atoms with van der Waals surface area (Å²) in [4.78, 5) is 12.1. The number of hydrogen-bond donors (Lipinski definition) is 1. The standard InChI is InChI=1S/C12H15N3O4S2/c1-4-19-12(16)11-8(2)7-9(20-11)14-21(17,18)10-5-6-13-15(10)3/h5-7,14H,4H2,1-3H3. The third-order valence-electron chi connectivity index (χ3n) is 2.66. The summed E-state index contributed by atoms with van der Waals surface area (Å²) < 4.78 is 33.1. The molecule has 0 aliphatic rings. The van der Waals surface area contributed by atoms with Gasteiger partial charge in [0.2, 0.25) is 0 Å². The number of carbonyl (C=O) groups excluding carboxylic acids is 1. The average Bonchev–Trinajstić information content (AvgIpc) is 2.95. The molecule has 0 radical (unpaired) electrons. The second-order valence-electron chi connectivity index (χ2n) is 4.24. The highest BCUT2D eigenvalue weighted by Gasteiger charge is 2.21. The van der Waals surface area contributed by atoms with E-state index < -0.39 is 16.0 Å². The number of hydrogen-bond acceptors (Lipinski definition) is 6. The molecule has 2 aromatic heterocycles. The molecule has 0 unspecified atom stereocenters. The molecular formula is C12H15N3O4S2. The molecule has 2 rings (SSSR count). The van der Waals surface area contributed by atoms with E-state index in [0.717, 1.165) is 11.3 Å². The quantitative estimate of drug-likeness (QED) is 0.844. The maximum absolute atomic E-state index is 12.2. The number of carbonyl (C=O) groups is 1. The second-order valence-corrected chi connectivity index (χ2v) is 6.92. The van der Waals surface area contributed by atoms with Gasteiger partial charge in [-0.1, -0.05) is 0 Å². The molecule has 0 fully saturated rings. The molecule has 0 amide bonds. The Morgan fingerprint density at radius 2 is 2.24 bits per heavy atom. The highest BCUT2D eigenvalue weighted by Crippen LogP contribution is 2.29. The van der Waals surface area contributed by atoms with Crippen LogP contribution in [0.25, 0.3) is 0 Å². The molecule has 2 heterocycles. The fraction of sp³-hybridized carbons (Fsp3) is 0.333. The Balaban J connectivity index is 2.27. The summed E-state index contributed by atoms with van der Waals surface area (Å²) in [5.74, 6) is -0.453. The number of nitrogens with one attached hydrogen (secondary N) is 1. The van der Waals surface area contributed by atoms with Crippen LogP contribution in [0.3, 0.4) is 0 Å². The highest BCUT2D eigenvalue weighted by atomic mass is 32.2. The first-order valence-corrected chi connectivity index (χ1v) is 8.43. The molecule has 114 valence electrons. The van der Waals surface area contributed by atoms with E-state index in [-0.39, 0.29) is 11.6 Å². The van der Waals surface area contributed by atoms with Gasteiger partial charge in [-0.25, -0.2) is 4.79 Å². The fourth-order valence-electron chi connectivity index (χ4n) is 1.74. The molecule has 2 aromatic rings. The number of sulfonamides is 1. The summed E-state index contributed by atoms with van der Waals surface area (Å²) in [7, 11) is -2.19. The van der Waals surface area contributed by atoms with E-state index in [2.05, 4.69) is 9.82 Å². The Bertz CT molecular complexity index is 761. The number of esters is 1. The molecule has 21 heavy (non-hydrogen) atoms. The first kappa shape index (κ1) is 15.5. The van der Waals surface area contributed by atoms with E-state index in [1.807, 2.05) is 0 Å². The Morgan fingerprint density at radius 3 is 2.81 bits per heavy atom. The van der Waals surface area contributed by atoms with Gasteiger partial charge in [0.15, 0.2) is 5.03 Å².